The van der Waals surface area contributed by atoms with Crippen molar-refractivity contribution in [1.29, 1.82) is 0 Å². The Hall–Kier alpha value is -2.82. The van der Waals surface area contributed by atoms with Crippen LogP contribution in [-0.4, -0.2) is 18.9 Å². The number of carbonyl (C=O) groups is 2. The second kappa shape index (κ2) is 6.96. The summed E-state index contributed by atoms with van der Waals surface area (Å²) in [6.07, 6.45) is 0. The Morgan fingerprint density at radius 1 is 0.913 bits per heavy atom. The molecule has 120 valence electrons. The van der Waals surface area contributed by atoms with Gasteiger partial charge in [0.2, 0.25) is 5.91 Å². The maximum absolute atomic E-state index is 12.5. The molecule has 0 saturated heterocycles. The molecule has 2 rings (SSSR count). The lowest BCUT2D eigenvalue weighted by Gasteiger charge is -2.12. The van der Waals surface area contributed by atoms with Crippen LogP contribution in [0.2, 0.25) is 0 Å². The summed E-state index contributed by atoms with van der Waals surface area (Å²) in [7, 11) is 1.54. The van der Waals surface area contributed by atoms with E-state index in [9.17, 15) is 9.59 Å². The van der Waals surface area contributed by atoms with Crippen molar-refractivity contribution in [3.63, 3.8) is 0 Å². The van der Waals surface area contributed by atoms with Gasteiger partial charge in [-0.15, -0.1) is 0 Å². The number of nitrogens with one attached hydrogen (secondary N) is 2. The first-order chi connectivity index (χ1) is 10.9. The summed E-state index contributed by atoms with van der Waals surface area (Å²) in [6.45, 7) is 5.37. The van der Waals surface area contributed by atoms with Crippen molar-refractivity contribution >= 4 is 23.2 Å². The molecular weight excluding hydrogens is 292 g/mol. The van der Waals surface area contributed by atoms with E-state index in [0.29, 0.717) is 22.7 Å². The SMILES string of the molecule is COc1cc(C)c(C)cc1C(=O)Nc1ccc(NC(C)=O)cc1. The average Bonchev–Trinajstić information content (AvgIpc) is 2.50. The van der Waals surface area contributed by atoms with E-state index in [1.165, 1.54) is 6.92 Å². The van der Waals surface area contributed by atoms with E-state index >= 15 is 0 Å². The minimum Gasteiger partial charge on any atom is -0.496 e. The third kappa shape index (κ3) is 4.10. The van der Waals surface area contributed by atoms with E-state index in [-0.39, 0.29) is 11.8 Å². The molecule has 0 unspecified atom stereocenters. The molecule has 0 atom stereocenters. The summed E-state index contributed by atoms with van der Waals surface area (Å²) in [6, 6.07) is 10.6. The molecule has 0 spiro atoms. The number of rotatable bonds is 4. The number of amides is 2. The van der Waals surface area contributed by atoms with E-state index in [1.54, 1.807) is 31.4 Å². The fourth-order valence-corrected chi connectivity index (χ4v) is 2.17. The van der Waals surface area contributed by atoms with Gasteiger partial charge in [-0.2, -0.15) is 0 Å². The Morgan fingerprint density at radius 2 is 1.43 bits per heavy atom. The van der Waals surface area contributed by atoms with Crippen LogP contribution in [0, 0.1) is 13.8 Å². The van der Waals surface area contributed by atoms with Gasteiger partial charge >= 0.3 is 0 Å². The van der Waals surface area contributed by atoms with Crippen LogP contribution in [0.25, 0.3) is 0 Å². The summed E-state index contributed by atoms with van der Waals surface area (Å²) in [5, 5.41) is 5.51. The molecule has 0 aliphatic carbocycles. The number of anilines is 2. The molecule has 5 nitrogen and oxygen atoms in total. The molecule has 0 bridgehead atoms. The van der Waals surface area contributed by atoms with Crippen LogP contribution >= 0.6 is 0 Å². The molecule has 0 radical (unpaired) electrons. The number of carbonyl (C=O) groups excluding carboxylic acids is 2. The van der Waals surface area contributed by atoms with E-state index in [1.807, 2.05) is 26.0 Å². The predicted molar refractivity (Wildman–Crippen MR) is 91.2 cm³/mol. The standard InChI is InChI=1S/C18H20N2O3/c1-11-9-16(17(23-4)10-12(11)2)18(22)20-15-7-5-14(6-8-15)19-13(3)21/h5-10H,1-4H3,(H,19,21)(H,20,22). The zero-order valence-corrected chi connectivity index (χ0v) is 13.7. The van der Waals surface area contributed by atoms with E-state index in [0.717, 1.165) is 11.1 Å². The van der Waals surface area contributed by atoms with Crippen molar-refractivity contribution < 1.29 is 14.3 Å². The average molecular weight is 312 g/mol. The minimum atomic E-state index is -0.239. The van der Waals surface area contributed by atoms with Crippen molar-refractivity contribution in [3.8, 4) is 5.75 Å². The third-order valence-electron chi connectivity index (χ3n) is 3.52. The fraction of sp³-hybridized carbons (Fsp3) is 0.222. The van der Waals surface area contributed by atoms with Gasteiger partial charge in [-0.3, -0.25) is 9.59 Å². The number of hydrogen-bond donors (Lipinski definition) is 2. The fourth-order valence-electron chi connectivity index (χ4n) is 2.17. The number of methoxy groups -OCH3 is 1. The van der Waals surface area contributed by atoms with Crippen molar-refractivity contribution in [2.75, 3.05) is 17.7 Å². The highest BCUT2D eigenvalue weighted by Gasteiger charge is 2.14. The Kier molecular flexibility index (Phi) is 5.01. The molecule has 2 aromatic carbocycles. The molecule has 0 saturated carbocycles. The molecule has 0 aliphatic rings. The van der Waals surface area contributed by atoms with Crippen molar-refractivity contribution in [1.82, 2.24) is 0 Å². The highest BCUT2D eigenvalue weighted by atomic mass is 16.5. The zero-order chi connectivity index (χ0) is 17.0. The van der Waals surface area contributed by atoms with Crippen LogP contribution in [0.4, 0.5) is 11.4 Å². The lowest BCUT2D eigenvalue weighted by Crippen LogP contribution is -2.14. The monoisotopic (exact) mass is 312 g/mol. The van der Waals surface area contributed by atoms with Gasteiger partial charge in [0.05, 0.1) is 12.7 Å². The third-order valence-corrected chi connectivity index (χ3v) is 3.52. The van der Waals surface area contributed by atoms with Crippen molar-refractivity contribution in [2.45, 2.75) is 20.8 Å². The summed E-state index contributed by atoms with van der Waals surface area (Å²) >= 11 is 0. The quantitative estimate of drug-likeness (QED) is 0.907. The van der Waals surface area contributed by atoms with Gasteiger partial charge in [-0.05, 0) is 61.4 Å². The van der Waals surface area contributed by atoms with Gasteiger partial charge < -0.3 is 15.4 Å². The normalized spacial score (nSPS) is 10.1. The van der Waals surface area contributed by atoms with Gasteiger partial charge in [0.15, 0.2) is 0 Å². The second-order valence-electron chi connectivity index (χ2n) is 5.35. The maximum Gasteiger partial charge on any atom is 0.259 e. The largest absolute Gasteiger partial charge is 0.496 e. The Labute approximate surface area is 135 Å². The first-order valence-corrected chi connectivity index (χ1v) is 7.25. The molecule has 2 aromatic rings. The van der Waals surface area contributed by atoms with Crippen LogP contribution in [0.5, 0.6) is 5.75 Å². The summed E-state index contributed by atoms with van der Waals surface area (Å²) < 4.78 is 5.29. The Morgan fingerprint density at radius 3 is 1.96 bits per heavy atom. The van der Waals surface area contributed by atoms with Crippen molar-refractivity contribution in [3.05, 3.63) is 53.1 Å². The van der Waals surface area contributed by atoms with Crippen LogP contribution in [0.1, 0.15) is 28.4 Å². The minimum absolute atomic E-state index is 0.137. The van der Waals surface area contributed by atoms with Gasteiger partial charge in [0.1, 0.15) is 5.75 Å². The van der Waals surface area contributed by atoms with E-state index < -0.39 is 0 Å². The highest BCUT2D eigenvalue weighted by molar-refractivity contribution is 6.06. The van der Waals surface area contributed by atoms with E-state index in [2.05, 4.69) is 10.6 Å². The number of benzene rings is 2. The number of hydrogen-bond acceptors (Lipinski definition) is 3. The predicted octanol–water partition coefficient (Wildman–Crippen LogP) is 3.52. The van der Waals surface area contributed by atoms with Gasteiger partial charge in [-0.25, -0.2) is 0 Å². The summed E-state index contributed by atoms with van der Waals surface area (Å²) in [5.74, 6) is 0.166. The second-order valence-corrected chi connectivity index (χ2v) is 5.35. The molecular formula is C18H20N2O3. The summed E-state index contributed by atoms with van der Waals surface area (Å²) in [4.78, 5) is 23.5. The van der Waals surface area contributed by atoms with Gasteiger partial charge in [-0.1, -0.05) is 0 Å². The van der Waals surface area contributed by atoms with Gasteiger partial charge in [0.25, 0.3) is 5.91 Å². The first-order valence-electron chi connectivity index (χ1n) is 7.25. The lowest BCUT2D eigenvalue weighted by molar-refractivity contribution is -0.114. The van der Waals surface area contributed by atoms with Crippen LogP contribution in [-0.2, 0) is 4.79 Å². The molecule has 23 heavy (non-hydrogen) atoms. The van der Waals surface area contributed by atoms with Crippen LogP contribution < -0.4 is 15.4 Å². The first kappa shape index (κ1) is 16.5. The Balaban J connectivity index is 2.19. The Bertz CT molecular complexity index is 737. The van der Waals surface area contributed by atoms with Crippen LogP contribution in [0.3, 0.4) is 0 Å². The van der Waals surface area contributed by atoms with Gasteiger partial charge in [0, 0.05) is 18.3 Å². The number of aryl methyl sites for hydroxylation is 2. The molecule has 0 heterocycles. The maximum atomic E-state index is 12.5. The summed E-state index contributed by atoms with van der Waals surface area (Å²) in [5.41, 5.74) is 3.90. The molecule has 0 aromatic heterocycles. The zero-order valence-electron chi connectivity index (χ0n) is 13.7. The molecule has 5 heteroatoms. The smallest absolute Gasteiger partial charge is 0.259 e. The van der Waals surface area contributed by atoms with E-state index in [4.69, 9.17) is 4.74 Å². The molecule has 2 amide bonds. The molecule has 0 fully saturated rings. The lowest BCUT2D eigenvalue weighted by atomic mass is 10.0. The topological polar surface area (TPSA) is 67.4 Å². The molecule has 0 aliphatic heterocycles. The van der Waals surface area contributed by atoms with Crippen molar-refractivity contribution in [2.24, 2.45) is 0 Å². The highest BCUT2D eigenvalue weighted by Crippen LogP contribution is 2.24. The molecule has 2 N–H and O–H groups in total. The van der Waals surface area contributed by atoms with Crippen LogP contribution in [0.15, 0.2) is 36.4 Å². The number of ether oxygens (including phenoxy) is 1.